The normalized spacial score (nSPS) is 11.4. The third kappa shape index (κ3) is 2.70. The molecule has 0 spiro atoms. The van der Waals surface area contributed by atoms with Crippen molar-refractivity contribution in [1.29, 1.82) is 5.26 Å². The number of nitriles is 1. The van der Waals surface area contributed by atoms with E-state index in [1.54, 1.807) is 17.5 Å². The molecule has 0 amide bonds. The van der Waals surface area contributed by atoms with E-state index in [9.17, 15) is 13.2 Å². The molecule has 0 aliphatic carbocycles. The first-order valence-corrected chi connectivity index (χ1v) is 7.59. The van der Waals surface area contributed by atoms with Gasteiger partial charge in [0.15, 0.2) is 16.5 Å². The van der Waals surface area contributed by atoms with Crippen molar-refractivity contribution < 1.29 is 13.2 Å². The predicted molar refractivity (Wildman–Crippen MR) is 76.2 cm³/mol. The molecule has 22 heavy (non-hydrogen) atoms. The summed E-state index contributed by atoms with van der Waals surface area (Å²) in [4.78, 5) is 12.4. The van der Waals surface area contributed by atoms with Crippen molar-refractivity contribution in [2.24, 2.45) is 0 Å². The van der Waals surface area contributed by atoms with Gasteiger partial charge < -0.3 is 0 Å². The zero-order valence-electron chi connectivity index (χ0n) is 10.6. The van der Waals surface area contributed by atoms with Crippen LogP contribution in [0.3, 0.4) is 0 Å². The molecule has 0 atom stereocenters. The molecule has 0 aromatic carbocycles. The summed E-state index contributed by atoms with van der Waals surface area (Å²) in [5.74, 6) is 0.107. The van der Waals surface area contributed by atoms with Crippen molar-refractivity contribution in [2.45, 2.75) is 6.18 Å². The summed E-state index contributed by atoms with van der Waals surface area (Å²) in [7, 11) is 0. The molecular formula is C13H5F3N4S2. The molecule has 3 aromatic rings. The van der Waals surface area contributed by atoms with Gasteiger partial charge in [0.2, 0.25) is 0 Å². The highest BCUT2D eigenvalue weighted by molar-refractivity contribution is 7.14. The quantitative estimate of drug-likeness (QED) is 0.702. The van der Waals surface area contributed by atoms with Crippen molar-refractivity contribution in [3.05, 3.63) is 40.3 Å². The van der Waals surface area contributed by atoms with Crippen LogP contribution in [0, 0.1) is 11.3 Å². The minimum atomic E-state index is -4.49. The average molecular weight is 338 g/mol. The van der Waals surface area contributed by atoms with Crippen LogP contribution in [-0.2, 0) is 6.18 Å². The van der Waals surface area contributed by atoms with E-state index < -0.39 is 11.9 Å². The molecule has 110 valence electrons. The highest BCUT2D eigenvalue weighted by atomic mass is 32.1. The summed E-state index contributed by atoms with van der Waals surface area (Å²) in [6.07, 6.45) is -3.05. The smallest absolute Gasteiger partial charge is 0.234 e. The molecule has 0 aliphatic rings. The van der Waals surface area contributed by atoms with E-state index >= 15 is 0 Å². The maximum atomic E-state index is 12.6. The summed E-state index contributed by atoms with van der Waals surface area (Å²) in [5.41, 5.74) is -0.0135. The number of rotatable bonds is 2. The molecule has 0 bridgehead atoms. The molecule has 0 saturated heterocycles. The second-order valence-corrected chi connectivity index (χ2v) is 5.85. The Morgan fingerprint density at radius 3 is 2.64 bits per heavy atom. The Bertz CT molecular complexity index is 861. The molecule has 3 aromatic heterocycles. The lowest BCUT2D eigenvalue weighted by molar-refractivity contribution is -0.140. The largest absolute Gasteiger partial charge is 0.434 e. The Morgan fingerprint density at radius 1 is 1.14 bits per heavy atom. The molecule has 0 aliphatic heterocycles. The van der Waals surface area contributed by atoms with Crippen LogP contribution in [0.4, 0.5) is 13.2 Å². The first-order valence-electron chi connectivity index (χ1n) is 5.83. The van der Waals surface area contributed by atoms with Gasteiger partial charge in [-0.2, -0.15) is 18.4 Å². The predicted octanol–water partition coefficient (Wildman–Crippen LogP) is 4.22. The molecule has 3 heterocycles. The van der Waals surface area contributed by atoms with Crippen LogP contribution in [-0.4, -0.2) is 15.0 Å². The molecule has 0 fully saturated rings. The van der Waals surface area contributed by atoms with Gasteiger partial charge in [-0.3, -0.25) is 0 Å². The van der Waals surface area contributed by atoms with Crippen LogP contribution in [0.2, 0.25) is 0 Å². The van der Waals surface area contributed by atoms with Gasteiger partial charge in [0.05, 0.1) is 16.1 Å². The minimum absolute atomic E-state index is 0.0873. The van der Waals surface area contributed by atoms with Gasteiger partial charge in [-0.25, -0.2) is 15.0 Å². The zero-order valence-corrected chi connectivity index (χ0v) is 12.3. The number of thiazole rings is 1. The second kappa shape index (κ2) is 5.47. The second-order valence-electron chi connectivity index (χ2n) is 4.08. The highest BCUT2D eigenvalue weighted by Gasteiger charge is 2.34. The summed E-state index contributed by atoms with van der Waals surface area (Å²) in [6, 6.07) is 5.31. The third-order valence-corrected chi connectivity index (χ3v) is 4.43. The number of alkyl halides is 3. The Hall–Kier alpha value is -2.31. The van der Waals surface area contributed by atoms with Crippen LogP contribution in [0.1, 0.15) is 11.3 Å². The fourth-order valence-corrected chi connectivity index (χ4v) is 3.27. The summed E-state index contributed by atoms with van der Waals surface area (Å²) in [5, 5.41) is 11.8. The van der Waals surface area contributed by atoms with Crippen LogP contribution in [0.5, 0.6) is 0 Å². The van der Waals surface area contributed by atoms with Crippen molar-refractivity contribution in [3.8, 4) is 27.5 Å². The van der Waals surface area contributed by atoms with Crippen LogP contribution in [0.25, 0.3) is 21.4 Å². The molecule has 9 heteroatoms. The Morgan fingerprint density at radius 2 is 1.95 bits per heavy atom. The fourth-order valence-electron chi connectivity index (χ4n) is 1.69. The van der Waals surface area contributed by atoms with E-state index in [-0.39, 0.29) is 10.8 Å². The number of nitrogens with zero attached hydrogens (tertiary/aromatic N) is 4. The summed E-state index contributed by atoms with van der Waals surface area (Å²) >= 11 is 2.16. The number of thiophene rings is 1. The van der Waals surface area contributed by atoms with Gasteiger partial charge in [0.1, 0.15) is 6.07 Å². The molecule has 3 rings (SSSR count). The van der Waals surface area contributed by atoms with Crippen LogP contribution in [0.15, 0.2) is 29.1 Å². The maximum Gasteiger partial charge on any atom is 0.434 e. The van der Waals surface area contributed by atoms with E-state index in [4.69, 9.17) is 5.26 Å². The fraction of sp³-hybridized carbons (Fsp3) is 0.0769. The van der Waals surface area contributed by atoms with Gasteiger partial charge in [-0.05, 0) is 17.5 Å². The molecular weight excluding hydrogens is 333 g/mol. The Balaban J connectivity index is 2.02. The third-order valence-electron chi connectivity index (χ3n) is 2.66. The summed E-state index contributed by atoms with van der Waals surface area (Å²) < 4.78 is 37.8. The van der Waals surface area contributed by atoms with Gasteiger partial charge in [0, 0.05) is 11.6 Å². The van der Waals surface area contributed by atoms with Crippen molar-refractivity contribution in [1.82, 2.24) is 15.0 Å². The molecule has 4 nitrogen and oxygen atoms in total. The average Bonchev–Trinajstić information content (AvgIpc) is 3.16. The van der Waals surface area contributed by atoms with E-state index in [1.165, 1.54) is 17.5 Å². The van der Waals surface area contributed by atoms with Crippen LogP contribution >= 0.6 is 22.7 Å². The zero-order chi connectivity index (χ0) is 15.7. The molecule has 0 unspecified atom stereocenters. The van der Waals surface area contributed by atoms with E-state index in [0.29, 0.717) is 16.1 Å². The van der Waals surface area contributed by atoms with E-state index in [1.807, 2.05) is 6.07 Å². The number of halogens is 3. The highest BCUT2D eigenvalue weighted by Crippen LogP contribution is 2.33. The van der Waals surface area contributed by atoms with Crippen molar-refractivity contribution in [3.63, 3.8) is 0 Å². The van der Waals surface area contributed by atoms with Crippen molar-refractivity contribution in [2.75, 3.05) is 0 Å². The minimum Gasteiger partial charge on any atom is -0.234 e. The van der Waals surface area contributed by atoms with Gasteiger partial charge >= 0.3 is 6.18 Å². The molecule has 0 saturated carbocycles. The Kier molecular flexibility index (Phi) is 3.64. The lowest BCUT2D eigenvalue weighted by Crippen LogP contribution is -2.05. The SMILES string of the molecule is N#Cc1ccsc1-c1ccnc(-c2nc(C(F)(F)F)cs2)n1. The first kappa shape index (κ1) is 14.6. The number of aromatic nitrogens is 3. The lowest BCUT2D eigenvalue weighted by Gasteiger charge is -2.01. The van der Waals surface area contributed by atoms with Crippen molar-refractivity contribution >= 4 is 22.7 Å². The summed E-state index contributed by atoms with van der Waals surface area (Å²) in [6.45, 7) is 0. The Labute approximate surface area is 130 Å². The van der Waals surface area contributed by atoms with E-state index in [0.717, 1.165) is 16.7 Å². The maximum absolute atomic E-state index is 12.6. The number of hydrogen-bond donors (Lipinski definition) is 0. The van der Waals surface area contributed by atoms with E-state index in [2.05, 4.69) is 15.0 Å². The molecule has 0 N–H and O–H groups in total. The lowest BCUT2D eigenvalue weighted by atomic mass is 10.2. The first-order chi connectivity index (χ1) is 10.5. The van der Waals surface area contributed by atoms with Gasteiger partial charge in [-0.1, -0.05) is 0 Å². The van der Waals surface area contributed by atoms with Crippen LogP contribution < -0.4 is 0 Å². The number of hydrogen-bond acceptors (Lipinski definition) is 6. The monoisotopic (exact) mass is 338 g/mol. The topological polar surface area (TPSA) is 62.5 Å². The molecule has 0 radical (unpaired) electrons. The van der Waals surface area contributed by atoms with Gasteiger partial charge in [-0.15, -0.1) is 22.7 Å². The standard InChI is InChI=1S/C13H5F3N4S2/c14-13(15,16)9-6-22-12(20-9)11-18-3-1-8(19-11)10-7(5-17)2-4-21-10/h1-4,6H. The van der Waals surface area contributed by atoms with Gasteiger partial charge in [0.25, 0.3) is 0 Å².